The molecule has 212 valence electrons. The summed E-state index contributed by atoms with van der Waals surface area (Å²) in [7, 11) is 1.20. The van der Waals surface area contributed by atoms with Crippen molar-refractivity contribution in [3.05, 3.63) is 65.7 Å². The van der Waals surface area contributed by atoms with Crippen molar-refractivity contribution in [3.8, 4) is 5.75 Å². The molecule has 3 N–H and O–H groups in total. The maximum atomic E-state index is 14.3. The van der Waals surface area contributed by atoms with E-state index in [-0.39, 0.29) is 12.2 Å². The van der Waals surface area contributed by atoms with Crippen molar-refractivity contribution < 1.29 is 33.8 Å². The molecule has 39 heavy (non-hydrogen) atoms. The summed E-state index contributed by atoms with van der Waals surface area (Å²) in [6, 6.07) is 12.7. The fourth-order valence-electron chi connectivity index (χ4n) is 3.92. The molecule has 0 aromatic heterocycles. The Kier molecular flexibility index (Phi) is 10.5. The number of benzene rings is 2. The van der Waals surface area contributed by atoms with Crippen LogP contribution < -0.4 is 10.6 Å². The summed E-state index contributed by atoms with van der Waals surface area (Å²) in [5.74, 6) is -1.85. The quantitative estimate of drug-likeness (QED) is 0.414. The number of ether oxygens (including phenoxy) is 2. The molecule has 0 radical (unpaired) electrons. The first-order valence-corrected chi connectivity index (χ1v) is 12.6. The fourth-order valence-corrected chi connectivity index (χ4v) is 3.92. The van der Waals surface area contributed by atoms with Gasteiger partial charge in [-0.15, -0.1) is 0 Å². The van der Waals surface area contributed by atoms with Gasteiger partial charge in [-0.2, -0.15) is 0 Å². The summed E-state index contributed by atoms with van der Waals surface area (Å²) < 4.78 is 10.1. The van der Waals surface area contributed by atoms with E-state index in [0.717, 1.165) is 5.56 Å². The van der Waals surface area contributed by atoms with Crippen molar-refractivity contribution in [1.82, 2.24) is 15.5 Å². The highest BCUT2D eigenvalue weighted by atomic mass is 16.6. The Bertz CT molecular complexity index is 1140. The zero-order valence-corrected chi connectivity index (χ0v) is 23.6. The topological polar surface area (TPSA) is 134 Å². The average molecular weight is 542 g/mol. The fraction of sp³-hybridized carbons (Fsp3) is 0.448. The molecule has 0 heterocycles. The van der Waals surface area contributed by atoms with Crippen LogP contribution in [-0.4, -0.2) is 64.7 Å². The molecule has 10 nitrogen and oxygen atoms in total. The van der Waals surface area contributed by atoms with E-state index in [2.05, 4.69) is 15.4 Å². The molecule has 2 aromatic rings. The van der Waals surface area contributed by atoms with Crippen molar-refractivity contribution in [2.45, 2.75) is 71.2 Å². The van der Waals surface area contributed by atoms with Gasteiger partial charge < -0.3 is 30.1 Å². The molecule has 0 aliphatic carbocycles. The molecular formula is C29H39N3O7. The summed E-state index contributed by atoms with van der Waals surface area (Å²) in [5.41, 5.74) is -0.533. The number of carbonyl (C=O) groups is 4. The molecule has 2 aromatic carbocycles. The number of amides is 3. The van der Waals surface area contributed by atoms with Gasteiger partial charge >= 0.3 is 12.1 Å². The van der Waals surface area contributed by atoms with Gasteiger partial charge in [0.1, 0.15) is 30.0 Å². The Balaban J connectivity index is 2.57. The van der Waals surface area contributed by atoms with E-state index in [4.69, 9.17) is 4.74 Å². The minimum atomic E-state index is -1.21. The van der Waals surface area contributed by atoms with Gasteiger partial charge in [-0.25, -0.2) is 4.79 Å². The van der Waals surface area contributed by atoms with E-state index < -0.39 is 53.6 Å². The summed E-state index contributed by atoms with van der Waals surface area (Å²) in [6.45, 7) is 10.0. The van der Waals surface area contributed by atoms with Gasteiger partial charge in [-0.3, -0.25) is 14.4 Å². The second-order valence-corrected chi connectivity index (χ2v) is 11.1. The minimum Gasteiger partial charge on any atom is -0.508 e. The van der Waals surface area contributed by atoms with Gasteiger partial charge in [-0.1, -0.05) is 42.5 Å². The van der Waals surface area contributed by atoms with Gasteiger partial charge in [0.2, 0.25) is 11.8 Å². The smallest absolute Gasteiger partial charge is 0.408 e. The van der Waals surface area contributed by atoms with E-state index in [1.807, 2.05) is 30.3 Å². The molecule has 2 rings (SSSR count). The van der Waals surface area contributed by atoms with Gasteiger partial charge in [0.15, 0.2) is 0 Å². The number of phenolic OH excluding ortho intramolecular Hbond substituents is 1. The van der Waals surface area contributed by atoms with Crippen LogP contribution in [0.1, 0.15) is 58.7 Å². The number of rotatable bonds is 9. The molecule has 0 aliphatic rings. The molecule has 0 saturated heterocycles. The van der Waals surface area contributed by atoms with E-state index in [0.29, 0.717) is 5.56 Å². The molecule has 0 spiro atoms. The summed E-state index contributed by atoms with van der Waals surface area (Å²) in [6.07, 6.45) is -0.639. The lowest BCUT2D eigenvalue weighted by atomic mass is 9.94. The molecule has 0 bridgehead atoms. The Morgan fingerprint density at radius 3 is 2.03 bits per heavy atom. The Morgan fingerprint density at radius 1 is 0.923 bits per heavy atom. The van der Waals surface area contributed by atoms with Crippen LogP contribution in [0.4, 0.5) is 4.79 Å². The zero-order chi connectivity index (χ0) is 29.4. The third-order valence-electron chi connectivity index (χ3n) is 5.58. The average Bonchev–Trinajstić information content (AvgIpc) is 2.84. The largest absolute Gasteiger partial charge is 0.508 e. The number of methoxy groups -OCH3 is 1. The lowest BCUT2D eigenvalue weighted by Crippen LogP contribution is -2.59. The van der Waals surface area contributed by atoms with Crippen molar-refractivity contribution in [2.75, 3.05) is 13.7 Å². The first kappa shape index (κ1) is 31.1. The molecule has 3 amide bonds. The van der Waals surface area contributed by atoms with E-state index in [1.54, 1.807) is 41.5 Å². The third-order valence-corrected chi connectivity index (χ3v) is 5.58. The van der Waals surface area contributed by atoms with Crippen LogP contribution in [-0.2, 0) is 30.3 Å². The van der Waals surface area contributed by atoms with E-state index in [9.17, 15) is 24.3 Å². The highest BCUT2D eigenvalue weighted by molar-refractivity contribution is 5.93. The highest BCUT2D eigenvalue weighted by Gasteiger charge is 2.42. The van der Waals surface area contributed by atoms with Gasteiger partial charge in [0.05, 0.1) is 7.11 Å². The zero-order valence-electron chi connectivity index (χ0n) is 23.6. The van der Waals surface area contributed by atoms with Crippen LogP contribution in [0.2, 0.25) is 0 Å². The first-order chi connectivity index (χ1) is 18.1. The van der Waals surface area contributed by atoms with Crippen LogP contribution in [0.15, 0.2) is 54.6 Å². The number of nitrogens with one attached hydrogen (secondary N) is 2. The number of hydrogen-bond acceptors (Lipinski definition) is 7. The third kappa shape index (κ3) is 9.63. The van der Waals surface area contributed by atoms with Gasteiger partial charge in [-0.05, 0) is 64.8 Å². The lowest BCUT2D eigenvalue weighted by molar-refractivity contribution is -0.149. The Morgan fingerprint density at radius 2 is 1.51 bits per heavy atom. The first-order valence-electron chi connectivity index (χ1n) is 12.6. The van der Waals surface area contributed by atoms with Crippen LogP contribution in [0, 0.1) is 0 Å². The molecular weight excluding hydrogens is 502 g/mol. The Hall–Kier alpha value is -4.08. The second-order valence-electron chi connectivity index (χ2n) is 11.1. The number of esters is 1. The minimum absolute atomic E-state index is 0.0188. The highest BCUT2D eigenvalue weighted by Crippen LogP contribution is 2.31. The molecule has 2 atom stereocenters. The van der Waals surface area contributed by atoms with Crippen LogP contribution in [0.3, 0.4) is 0 Å². The van der Waals surface area contributed by atoms with Crippen molar-refractivity contribution in [2.24, 2.45) is 0 Å². The predicted octanol–water partition coefficient (Wildman–Crippen LogP) is 3.49. The number of aromatic hydroxyl groups is 1. The number of phenols is 1. The van der Waals surface area contributed by atoms with Crippen molar-refractivity contribution >= 4 is 23.9 Å². The predicted molar refractivity (Wildman–Crippen MR) is 146 cm³/mol. The molecule has 0 fully saturated rings. The van der Waals surface area contributed by atoms with Crippen molar-refractivity contribution in [3.63, 3.8) is 0 Å². The van der Waals surface area contributed by atoms with E-state index in [1.165, 1.54) is 36.3 Å². The number of alkyl carbamates (subject to hydrolysis) is 1. The maximum Gasteiger partial charge on any atom is 0.408 e. The lowest BCUT2D eigenvalue weighted by Gasteiger charge is -2.43. The summed E-state index contributed by atoms with van der Waals surface area (Å²) in [5, 5.41) is 15.1. The Labute approximate surface area is 229 Å². The van der Waals surface area contributed by atoms with Crippen LogP contribution in [0.25, 0.3) is 0 Å². The number of nitrogens with zero attached hydrogens (tertiary/aromatic N) is 1. The second kappa shape index (κ2) is 13.1. The molecule has 0 saturated carbocycles. The monoisotopic (exact) mass is 541 g/mol. The number of carbonyl (C=O) groups excluding carboxylic acids is 4. The number of hydrogen-bond donors (Lipinski definition) is 3. The SMILES string of the molecule is COC(=O)CNC(=O)C(c1ccc(O)cc1)N(C(=O)C(Cc1ccccc1)NC(=O)OC(C)(C)C)C(C)(C)C. The van der Waals surface area contributed by atoms with Crippen LogP contribution >= 0.6 is 0 Å². The maximum absolute atomic E-state index is 14.3. The standard InChI is InChI=1S/C29H39N3O7/c1-28(2,3)32(24(20-13-15-21(33)16-14-20)25(35)30-18-23(34)38-7)26(36)22(17-19-11-9-8-10-12-19)31-27(37)39-29(4,5)6/h8-16,22,24,33H,17-18H2,1-7H3,(H,30,35)(H,31,37). The van der Waals surface area contributed by atoms with Gasteiger partial charge in [0, 0.05) is 12.0 Å². The molecule has 0 aliphatic heterocycles. The van der Waals surface area contributed by atoms with Crippen molar-refractivity contribution in [1.29, 1.82) is 0 Å². The van der Waals surface area contributed by atoms with Gasteiger partial charge in [0.25, 0.3) is 0 Å². The summed E-state index contributed by atoms with van der Waals surface area (Å²) in [4.78, 5) is 53.8. The molecule has 2 unspecified atom stereocenters. The normalized spacial score (nSPS) is 13.0. The van der Waals surface area contributed by atoms with E-state index >= 15 is 0 Å². The summed E-state index contributed by atoms with van der Waals surface area (Å²) >= 11 is 0. The van der Waals surface area contributed by atoms with Crippen LogP contribution in [0.5, 0.6) is 5.75 Å². The molecule has 10 heteroatoms.